The molecule has 1 aromatic heterocycles. The maximum absolute atomic E-state index is 4.61. The molecule has 4 heteroatoms. The van der Waals surface area contributed by atoms with E-state index in [-0.39, 0.29) is 0 Å². The Morgan fingerprint density at radius 2 is 2.14 bits per heavy atom. The number of aryl methyl sites for hydroxylation is 2. The molecule has 2 unspecified atom stereocenters. The van der Waals surface area contributed by atoms with E-state index in [9.17, 15) is 0 Å². The average molecular weight is 290 g/mol. The number of nitrogens with zero attached hydrogens (tertiary/aromatic N) is 3. The van der Waals surface area contributed by atoms with Crippen molar-refractivity contribution in [3.63, 3.8) is 0 Å². The minimum Gasteiger partial charge on any atom is -0.311 e. The van der Waals surface area contributed by atoms with Crippen molar-refractivity contribution in [1.82, 2.24) is 20.0 Å². The van der Waals surface area contributed by atoms with Crippen molar-refractivity contribution in [3.8, 4) is 0 Å². The Balaban J connectivity index is 1.71. The van der Waals surface area contributed by atoms with Gasteiger partial charge in [0, 0.05) is 38.3 Å². The summed E-state index contributed by atoms with van der Waals surface area (Å²) >= 11 is 0. The van der Waals surface area contributed by atoms with Crippen LogP contribution < -0.4 is 5.32 Å². The normalized spacial score (nSPS) is 27.2. The van der Waals surface area contributed by atoms with Crippen LogP contribution in [0.15, 0.2) is 6.07 Å². The Labute approximate surface area is 128 Å². The fraction of sp³-hybridized carbons (Fsp3) is 0.824. The lowest BCUT2D eigenvalue weighted by Gasteiger charge is -2.40. The van der Waals surface area contributed by atoms with E-state index in [1.807, 2.05) is 0 Å². The molecule has 0 spiro atoms. The van der Waals surface area contributed by atoms with Gasteiger partial charge in [0.25, 0.3) is 0 Å². The predicted molar refractivity (Wildman–Crippen MR) is 86.3 cm³/mol. The molecule has 1 saturated carbocycles. The number of piperazine rings is 1. The first-order valence-electron chi connectivity index (χ1n) is 8.72. The zero-order chi connectivity index (χ0) is 14.8. The van der Waals surface area contributed by atoms with Gasteiger partial charge < -0.3 is 5.32 Å². The van der Waals surface area contributed by atoms with E-state index < -0.39 is 0 Å². The van der Waals surface area contributed by atoms with Crippen LogP contribution in [0.3, 0.4) is 0 Å². The van der Waals surface area contributed by atoms with E-state index in [0.29, 0.717) is 6.04 Å². The van der Waals surface area contributed by atoms with Crippen molar-refractivity contribution in [3.05, 3.63) is 17.5 Å². The Hall–Kier alpha value is -0.870. The van der Waals surface area contributed by atoms with Gasteiger partial charge in [-0.1, -0.05) is 13.3 Å². The Kier molecular flexibility index (Phi) is 4.65. The van der Waals surface area contributed by atoms with Crippen molar-refractivity contribution in [2.75, 3.05) is 13.1 Å². The third kappa shape index (κ3) is 3.49. The molecule has 1 N–H and O–H groups in total. The van der Waals surface area contributed by atoms with E-state index in [2.05, 4.69) is 46.8 Å². The molecule has 2 fully saturated rings. The molecule has 0 aromatic carbocycles. The van der Waals surface area contributed by atoms with Gasteiger partial charge in [-0.3, -0.25) is 9.58 Å². The van der Waals surface area contributed by atoms with Crippen molar-refractivity contribution in [2.24, 2.45) is 5.92 Å². The molecule has 118 valence electrons. The van der Waals surface area contributed by atoms with Crippen LogP contribution in [0.2, 0.25) is 0 Å². The van der Waals surface area contributed by atoms with Crippen LogP contribution in [0.5, 0.6) is 0 Å². The summed E-state index contributed by atoms with van der Waals surface area (Å²) in [5.41, 5.74) is 2.53. The molecule has 0 bridgehead atoms. The first-order valence-corrected chi connectivity index (χ1v) is 8.72. The molecule has 2 atom stereocenters. The second-order valence-electron chi connectivity index (χ2n) is 6.82. The zero-order valence-electron chi connectivity index (χ0n) is 13.8. The van der Waals surface area contributed by atoms with Crippen molar-refractivity contribution < 1.29 is 0 Å². The Bertz CT molecular complexity index is 463. The molecular weight excluding hydrogens is 260 g/mol. The third-order valence-corrected chi connectivity index (χ3v) is 5.03. The maximum Gasteiger partial charge on any atom is 0.0597 e. The van der Waals surface area contributed by atoms with Crippen LogP contribution in [0.4, 0.5) is 0 Å². The van der Waals surface area contributed by atoms with Gasteiger partial charge in [0.15, 0.2) is 0 Å². The standard InChI is InChI=1S/C17H30N4/c1-4-6-15-10-18-17(14-7-8-14)12-20(15)11-16-9-13(3)19-21(16)5-2/h9,14-15,17-18H,4-8,10-12H2,1-3H3. The van der Waals surface area contributed by atoms with Crippen LogP contribution in [0.25, 0.3) is 0 Å². The fourth-order valence-electron chi connectivity index (χ4n) is 3.72. The summed E-state index contributed by atoms with van der Waals surface area (Å²) in [7, 11) is 0. The molecule has 2 aliphatic rings. The number of hydrogen-bond acceptors (Lipinski definition) is 3. The molecular formula is C17H30N4. The number of aromatic nitrogens is 2. The highest BCUT2D eigenvalue weighted by atomic mass is 15.3. The van der Waals surface area contributed by atoms with Crippen LogP contribution >= 0.6 is 0 Å². The Morgan fingerprint density at radius 3 is 2.81 bits per heavy atom. The second kappa shape index (κ2) is 6.49. The van der Waals surface area contributed by atoms with Gasteiger partial charge in [-0.25, -0.2) is 0 Å². The lowest BCUT2D eigenvalue weighted by Crippen LogP contribution is -2.56. The molecule has 3 rings (SSSR count). The smallest absolute Gasteiger partial charge is 0.0597 e. The maximum atomic E-state index is 4.61. The van der Waals surface area contributed by atoms with Crippen LogP contribution in [-0.2, 0) is 13.1 Å². The highest BCUT2D eigenvalue weighted by Crippen LogP contribution is 2.34. The summed E-state index contributed by atoms with van der Waals surface area (Å²) in [5.74, 6) is 0.938. The monoisotopic (exact) mass is 290 g/mol. The quantitative estimate of drug-likeness (QED) is 0.874. The number of rotatable bonds is 6. The molecule has 2 heterocycles. The Morgan fingerprint density at radius 1 is 1.33 bits per heavy atom. The third-order valence-electron chi connectivity index (χ3n) is 5.03. The van der Waals surface area contributed by atoms with Crippen molar-refractivity contribution in [2.45, 2.75) is 71.6 Å². The summed E-state index contributed by atoms with van der Waals surface area (Å²) in [6.45, 7) is 11.0. The van der Waals surface area contributed by atoms with Gasteiger partial charge in [0.2, 0.25) is 0 Å². The van der Waals surface area contributed by atoms with E-state index in [0.717, 1.165) is 37.3 Å². The highest BCUT2D eigenvalue weighted by Gasteiger charge is 2.37. The molecule has 1 aliphatic heterocycles. The van der Waals surface area contributed by atoms with Crippen LogP contribution in [0, 0.1) is 12.8 Å². The molecule has 1 aromatic rings. The number of nitrogens with one attached hydrogen (secondary N) is 1. The molecule has 0 radical (unpaired) electrons. The zero-order valence-corrected chi connectivity index (χ0v) is 13.8. The second-order valence-corrected chi connectivity index (χ2v) is 6.82. The molecule has 1 aliphatic carbocycles. The lowest BCUT2D eigenvalue weighted by atomic mass is 10.0. The van der Waals surface area contributed by atoms with Gasteiger partial charge in [0.05, 0.1) is 11.4 Å². The summed E-state index contributed by atoms with van der Waals surface area (Å²) < 4.78 is 2.17. The van der Waals surface area contributed by atoms with E-state index in [4.69, 9.17) is 0 Å². The van der Waals surface area contributed by atoms with Gasteiger partial charge in [0.1, 0.15) is 0 Å². The van der Waals surface area contributed by atoms with Gasteiger partial charge >= 0.3 is 0 Å². The van der Waals surface area contributed by atoms with Crippen molar-refractivity contribution in [1.29, 1.82) is 0 Å². The molecule has 0 amide bonds. The van der Waals surface area contributed by atoms with E-state index >= 15 is 0 Å². The van der Waals surface area contributed by atoms with Gasteiger partial charge in [-0.05, 0) is 45.1 Å². The van der Waals surface area contributed by atoms with E-state index in [1.165, 1.54) is 37.9 Å². The number of hydrogen-bond donors (Lipinski definition) is 1. The average Bonchev–Trinajstić information content (AvgIpc) is 3.25. The summed E-state index contributed by atoms with van der Waals surface area (Å²) in [5, 5.41) is 8.41. The van der Waals surface area contributed by atoms with Crippen LogP contribution in [0.1, 0.15) is 50.9 Å². The largest absolute Gasteiger partial charge is 0.311 e. The fourth-order valence-corrected chi connectivity index (χ4v) is 3.72. The van der Waals surface area contributed by atoms with Crippen molar-refractivity contribution >= 4 is 0 Å². The molecule has 21 heavy (non-hydrogen) atoms. The predicted octanol–water partition coefficient (Wildman–Crippen LogP) is 2.56. The lowest BCUT2D eigenvalue weighted by molar-refractivity contribution is 0.105. The highest BCUT2D eigenvalue weighted by molar-refractivity contribution is 5.10. The summed E-state index contributed by atoms with van der Waals surface area (Å²) in [6.07, 6.45) is 5.42. The topological polar surface area (TPSA) is 33.1 Å². The summed E-state index contributed by atoms with van der Waals surface area (Å²) in [6, 6.07) is 3.67. The first kappa shape index (κ1) is 15.0. The minimum atomic E-state index is 0.686. The van der Waals surface area contributed by atoms with E-state index in [1.54, 1.807) is 0 Å². The minimum absolute atomic E-state index is 0.686. The van der Waals surface area contributed by atoms with Crippen LogP contribution in [-0.4, -0.2) is 39.9 Å². The van der Waals surface area contributed by atoms with Gasteiger partial charge in [-0.2, -0.15) is 5.10 Å². The first-order chi connectivity index (χ1) is 10.2. The SMILES string of the molecule is CCCC1CNC(C2CC2)CN1Cc1cc(C)nn1CC. The van der Waals surface area contributed by atoms with Gasteiger partial charge in [-0.15, -0.1) is 0 Å². The molecule has 1 saturated heterocycles. The molecule has 4 nitrogen and oxygen atoms in total. The summed E-state index contributed by atoms with van der Waals surface area (Å²) in [4.78, 5) is 2.71.